The summed E-state index contributed by atoms with van der Waals surface area (Å²) in [6.07, 6.45) is 11.0. The van der Waals surface area contributed by atoms with Crippen LogP contribution in [0.3, 0.4) is 0 Å². The van der Waals surface area contributed by atoms with Crippen molar-refractivity contribution in [1.29, 1.82) is 0 Å². The SMILES string of the molecule is Cc1c(CC(=O)c2cc(C3CC3)c(CNCCO)cn2)cccc1-c1cccc(NC(=O)c2cc(C3CC3)c(CCCCO)cn2)c1C. The zero-order valence-corrected chi connectivity index (χ0v) is 28.0. The number of nitrogens with one attached hydrogen (secondary N) is 2. The molecule has 0 atom stereocenters. The van der Waals surface area contributed by atoms with E-state index in [1.54, 1.807) is 0 Å². The summed E-state index contributed by atoms with van der Waals surface area (Å²) in [6, 6.07) is 15.9. The molecular formula is C40H46N4O4. The molecular weight excluding hydrogens is 600 g/mol. The van der Waals surface area contributed by atoms with Crippen molar-refractivity contribution >= 4 is 17.4 Å². The van der Waals surface area contributed by atoms with Crippen LogP contribution in [-0.2, 0) is 19.4 Å². The molecule has 2 heterocycles. The van der Waals surface area contributed by atoms with E-state index >= 15 is 0 Å². The van der Waals surface area contributed by atoms with E-state index in [1.807, 2.05) is 62.6 Å². The molecule has 2 saturated carbocycles. The number of Topliss-reactive ketones (excluding diaryl/α,β-unsaturated/α-hetero) is 1. The number of aryl methyl sites for hydroxylation is 1. The van der Waals surface area contributed by atoms with Gasteiger partial charge in [0.1, 0.15) is 11.4 Å². The highest BCUT2D eigenvalue weighted by atomic mass is 16.3. The third-order valence-corrected chi connectivity index (χ3v) is 9.73. The van der Waals surface area contributed by atoms with E-state index in [2.05, 4.69) is 32.7 Å². The number of pyridine rings is 2. The second kappa shape index (κ2) is 15.3. The summed E-state index contributed by atoms with van der Waals surface area (Å²) < 4.78 is 0. The van der Waals surface area contributed by atoms with Crippen molar-refractivity contribution in [3.05, 3.63) is 111 Å². The lowest BCUT2D eigenvalue weighted by Crippen LogP contribution is -2.19. The van der Waals surface area contributed by atoms with Gasteiger partial charge in [-0.1, -0.05) is 30.3 Å². The molecule has 2 fully saturated rings. The molecule has 1 amide bonds. The summed E-state index contributed by atoms with van der Waals surface area (Å²) in [5.41, 5.74) is 11.2. The minimum atomic E-state index is -0.233. The van der Waals surface area contributed by atoms with Crippen molar-refractivity contribution in [2.75, 3.05) is 25.1 Å². The van der Waals surface area contributed by atoms with Crippen molar-refractivity contribution < 1.29 is 19.8 Å². The number of carbonyl (C=O) groups excluding carboxylic acids is 2. The summed E-state index contributed by atoms with van der Waals surface area (Å²) >= 11 is 0. The average Bonchev–Trinajstić information content (AvgIpc) is 4.02. The Labute approximate surface area is 283 Å². The molecule has 2 aliphatic rings. The summed E-state index contributed by atoms with van der Waals surface area (Å²) in [7, 11) is 0. The van der Waals surface area contributed by atoms with Crippen molar-refractivity contribution in [1.82, 2.24) is 15.3 Å². The number of aliphatic hydroxyl groups is 2. The molecule has 2 aromatic carbocycles. The third-order valence-electron chi connectivity index (χ3n) is 9.73. The lowest BCUT2D eigenvalue weighted by Gasteiger charge is -2.17. The minimum Gasteiger partial charge on any atom is -0.396 e. The Hall–Kier alpha value is -4.24. The van der Waals surface area contributed by atoms with Crippen molar-refractivity contribution in [2.24, 2.45) is 0 Å². The van der Waals surface area contributed by atoms with E-state index in [0.717, 1.165) is 84.0 Å². The molecule has 0 spiro atoms. The molecule has 0 unspecified atom stereocenters. The number of amides is 1. The van der Waals surface area contributed by atoms with Crippen LogP contribution in [0, 0.1) is 13.8 Å². The average molecular weight is 647 g/mol. The lowest BCUT2D eigenvalue weighted by atomic mass is 9.90. The van der Waals surface area contributed by atoms with Gasteiger partial charge < -0.3 is 20.8 Å². The van der Waals surface area contributed by atoms with Gasteiger partial charge in [0.2, 0.25) is 0 Å². The Kier molecular flexibility index (Phi) is 10.7. The number of anilines is 1. The van der Waals surface area contributed by atoms with Gasteiger partial charge >= 0.3 is 0 Å². The minimum absolute atomic E-state index is 0.0118. The van der Waals surface area contributed by atoms with Crippen molar-refractivity contribution in [2.45, 2.75) is 83.6 Å². The lowest BCUT2D eigenvalue weighted by molar-refractivity contribution is 0.0986. The third kappa shape index (κ3) is 7.89. The maximum absolute atomic E-state index is 13.5. The fourth-order valence-electron chi connectivity index (χ4n) is 6.59. The Balaban J connectivity index is 1.19. The number of hydrogen-bond acceptors (Lipinski definition) is 7. The molecule has 250 valence electrons. The fourth-order valence-corrected chi connectivity index (χ4v) is 6.59. The van der Waals surface area contributed by atoms with E-state index in [1.165, 1.54) is 16.7 Å². The summed E-state index contributed by atoms with van der Waals surface area (Å²) in [5, 5.41) is 24.6. The number of carbonyl (C=O) groups is 2. The molecule has 4 N–H and O–H groups in total. The maximum atomic E-state index is 13.5. The number of hydrogen-bond donors (Lipinski definition) is 4. The molecule has 0 bridgehead atoms. The number of nitrogens with zero attached hydrogens (tertiary/aromatic N) is 2. The molecule has 2 aromatic heterocycles. The molecule has 0 saturated heterocycles. The maximum Gasteiger partial charge on any atom is 0.274 e. The number of aromatic nitrogens is 2. The summed E-state index contributed by atoms with van der Waals surface area (Å²) in [4.78, 5) is 36.1. The van der Waals surface area contributed by atoms with Gasteiger partial charge in [-0.15, -0.1) is 0 Å². The number of ketones is 1. The van der Waals surface area contributed by atoms with Gasteiger partial charge in [0.15, 0.2) is 5.78 Å². The molecule has 0 aliphatic heterocycles. The van der Waals surface area contributed by atoms with E-state index in [4.69, 9.17) is 5.11 Å². The molecule has 48 heavy (non-hydrogen) atoms. The highest BCUT2D eigenvalue weighted by Crippen LogP contribution is 2.43. The molecule has 4 aromatic rings. The van der Waals surface area contributed by atoms with Gasteiger partial charge in [-0.2, -0.15) is 0 Å². The Morgan fingerprint density at radius 1 is 0.771 bits per heavy atom. The number of aliphatic hydroxyl groups excluding tert-OH is 2. The normalized spacial score (nSPS) is 14.2. The first-order valence-electron chi connectivity index (χ1n) is 17.3. The van der Waals surface area contributed by atoms with Crippen LogP contribution in [0.15, 0.2) is 60.9 Å². The van der Waals surface area contributed by atoms with Crippen LogP contribution in [0.1, 0.15) is 110 Å². The topological polar surface area (TPSA) is 124 Å². The number of unbranched alkanes of at least 4 members (excludes halogenated alkanes) is 1. The predicted molar refractivity (Wildman–Crippen MR) is 189 cm³/mol. The quantitative estimate of drug-likeness (QED) is 0.0800. The van der Waals surface area contributed by atoms with E-state index in [0.29, 0.717) is 36.3 Å². The zero-order chi connectivity index (χ0) is 33.6. The Bertz CT molecular complexity index is 1660. The predicted octanol–water partition coefficient (Wildman–Crippen LogP) is 6.59. The summed E-state index contributed by atoms with van der Waals surface area (Å²) in [5.74, 6) is 0.723. The summed E-state index contributed by atoms with van der Waals surface area (Å²) in [6.45, 7) is 5.48. The van der Waals surface area contributed by atoms with Crippen LogP contribution in [0.5, 0.6) is 0 Å². The van der Waals surface area contributed by atoms with Crippen LogP contribution in [0.25, 0.3) is 11.1 Å². The largest absolute Gasteiger partial charge is 0.396 e. The fraction of sp³-hybridized carbons (Fsp3) is 0.400. The molecule has 0 radical (unpaired) electrons. The van der Waals surface area contributed by atoms with Crippen LogP contribution in [-0.4, -0.2) is 51.6 Å². The van der Waals surface area contributed by atoms with Gasteiger partial charge in [0.25, 0.3) is 5.91 Å². The molecule has 2 aliphatic carbocycles. The number of rotatable bonds is 16. The smallest absolute Gasteiger partial charge is 0.274 e. The van der Waals surface area contributed by atoms with Gasteiger partial charge in [-0.3, -0.25) is 19.6 Å². The van der Waals surface area contributed by atoms with Crippen LogP contribution in [0.4, 0.5) is 5.69 Å². The Morgan fingerprint density at radius 2 is 1.42 bits per heavy atom. The molecule has 8 heteroatoms. The van der Waals surface area contributed by atoms with Crippen LogP contribution < -0.4 is 10.6 Å². The highest BCUT2D eigenvalue weighted by molar-refractivity contribution is 6.04. The second-order valence-electron chi connectivity index (χ2n) is 13.3. The van der Waals surface area contributed by atoms with Crippen molar-refractivity contribution in [3.63, 3.8) is 0 Å². The van der Waals surface area contributed by atoms with Gasteiger partial charge in [0, 0.05) is 44.2 Å². The van der Waals surface area contributed by atoms with E-state index in [-0.39, 0.29) is 31.3 Å². The van der Waals surface area contributed by atoms with Crippen LogP contribution in [0.2, 0.25) is 0 Å². The first kappa shape index (κ1) is 33.7. The first-order valence-corrected chi connectivity index (χ1v) is 17.3. The first-order chi connectivity index (χ1) is 23.4. The van der Waals surface area contributed by atoms with Gasteiger partial charge in [-0.25, -0.2) is 0 Å². The molecule has 8 nitrogen and oxygen atoms in total. The van der Waals surface area contributed by atoms with Crippen molar-refractivity contribution in [3.8, 4) is 11.1 Å². The van der Waals surface area contributed by atoms with E-state index < -0.39 is 0 Å². The van der Waals surface area contributed by atoms with Gasteiger partial charge in [-0.05, 0) is 139 Å². The Morgan fingerprint density at radius 3 is 2.12 bits per heavy atom. The zero-order valence-electron chi connectivity index (χ0n) is 28.0. The highest BCUT2D eigenvalue weighted by Gasteiger charge is 2.28. The standard InChI is InChI=1S/C40H46N4O4/c1-25-29(19-39(47)37-20-35(28-14-15-28)31(24-42-37)22-41-16-18-46)8-5-9-32(25)33-10-6-11-36(26(33)2)44-40(48)38-21-34(27-12-13-27)30(23-43-38)7-3-4-17-45/h5-6,8-11,20-21,23-24,27-28,41,45-46H,3-4,7,12-19,22H2,1-2H3,(H,44,48). The van der Waals surface area contributed by atoms with E-state index in [9.17, 15) is 14.7 Å². The number of benzene rings is 2. The molecule has 6 rings (SSSR count). The monoisotopic (exact) mass is 646 g/mol. The van der Waals surface area contributed by atoms with Gasteiger partial charge in [0.05, 0.1) is 6.61 Å². The van der Waals surface area contributed by atoms with Crippen LogP contribution >= 0.6 is 0 Å². The second-order valence-corrected chi connectivity index (χ2v) is 13.3.